The minimum Gasteiger partial charge on any atom is -0.398 e. The van der Waals surface area contributed by atoms with Crippen LogP contribution in [0, 0.1) is 0 Å². The maximum atomic E-state index is 12.4. The van der Waals surface area contributed by atoms with Crippen LogP contribution < -0.4 is 5.73 Å². The quantitative estimate of drug-likeness (QED) is 0.781. The summed E-state index contributed by atoms with van der Waals surface area (Å²) in [6.45, 7) is -0.892. The second-order valence-electron chi connectivity index (χ2n) is 2.92. The van der Waals surface area contributed by atoms with Gasteiger partial charge in [0, 0.05) is 11.3 Å². The van der Waals surface area contributed by atoms with Crippen molar-refractivity contribution >= 4 is 5.69 Å². The van der Waals surface area contributed by atoms with Crippen LogP contribution in [0.25, 0.3) is 0 Å². The van der Waals surface area contributed by atoms with Gasteiger partial charge in [0.25, 0.3) is 6.43 Å². The molecule has 0 atom stereocenters. The third-order valence-corrected chi connectivity index (χ3v) is 1.85. The normalized spacial score (nSPS) is 12.2. The molecule has 0 saturated heterocycles. The minimum absolute atomic E-state index is 0.414. The standard InChI is InChI=1S/C8H7F5N2O/c9-7(10)6-3(2-16)4(14)1-5(15-6)8(11,12)13/h1,7,16H,2H2,(H2,14,15). The molecule has 1 aromatic rings. The van der Waals surface area contributed by atoms with Crippen LogP contribution in [0.15, 0.2) is 6.07 Å². The highest BCUT2D eigenvalue weighted by Crippen LogP contribution is 2.33. The van der Waals surface area contributed by atoms with Gasteiger partial charge in [-0.15, -0.1) is 0 Å². The van der Waals surface area contributed by atoms with Gasteiger partial charge in [0.15, 0.2) is 0 Å². The number of pyridine rings is 1. The van der Waals surface area contributed by atoms with Crippen LogP contribution in [0.3, 0.4) is 0 Å². The summed E-state index contributed by atoms with van der Waals surface area (Å²) in [7, 11) is 0. The maximum Gasteiger partial charge on any atom is 0.433 e. The van der Waals surface area contributed by atoms with E-state index in [0.29, 0.717) is 6.07 Å². The van der Waals surface area contributed by atoms with E-state index in [1.165, 1.54) is 0 Å². The van der Waals surface area contributed by atoms with Gasteiger partial charge in [0.1, 0.15) is 11.4 Å². The van der Waals surface area contributed by atoms with Gasteiger partial charge in [0.2, 0.25) is 0 Å². The SMILES string of the molecule is Nc1cc(C(F)(F)F)nc(C(F)F)c1CO. The Kier molecular flexibility index (Phi) is 3.32. The van der Waals surface area contributed by atoms with Crippen LogP contribution >= 0.6 is 0 Å². The lowest BCUT2D eigenvalue weighted by Gasteiger charge is -2.13. The summed E-state index contributed by atoms with van der Waals surface area (Å²) in [5.41, 5.74) is 1.45. The second-order valence-corrected chi connectivity index (χ2v) is 2.92. The summed E-state index contributed by atoms with van der Waals surface area (Å²) in [5, 5.41) is 8.71. The van der Waals surface area contributed by atoms with Gasteiger partial charge in [-0.2, -0.15) is 13.2 Å². The number of nitrogens with two attached hydrogens (primary N) is 1. The summed E-state index contributed by atoms with van der Waals surface area (Å²) in [6.07, 6.45) is -8.09. The fraction of sp³-hybridized carbons (Fsp3) is 0.375. The van der Waals surface area contributed by atoms with Crippen LogP contribution in [0.1, 0.15) is 23.4 Å². The number of hydrogen-bond acceptors (Lipinski definition) is 3. The smallest absolute Gasteiger partial charge is 0.398 e. The van der Waals surface area contributed by atoms with Crippen molar-refractivity contribution in [2.75, 3.05) is 5.73 Å². The lowest BCUT2D eigenvalue weighted by molar-refractivity contribution is -0.141. The molecule has 8 heteroatoms. The second kappa shape index (κ2) is 4.20. The van der Waals surface area contributed by atoms with Gasteiger partial charge < -0.3 is 10.8 Å². The molecule has 90 valence electrons. The van der Waals surface area contributed by atoms with Gasteiger partial charge in [-0.3, -0.25) is 0 Å². The van der Waals surface area contributed by atoms with Crippen molar-refractivity contribution in [1.29, 1.82) is 0 Å². The van der Waals surface area contributed by atoms with Crippen molar-refractivity contribution in [2.24, 2.45) is 0 Å². The van der Waals surface area contributed by atoms with Crippen molar-refractivity contribution in [1.82, 2.24) is 4.98 Å². The number of hydrogen-bond donors (Lipinski definition) is 2. The average molecular weight is 242 g/mol. The lowest BCUT2D eigenvalue weighted by atomic mass is 10.1. The van der Waals surface area contributed by atoms with Crippen molar-refractivity contribution in [3.63, 3.8) is 0 Å². The van der Waals surface area contributed by atoms with E-state index in [2.05, 4.69) is 4.98 Å². The summed E-state index contributed by atoms with van der Waals surface area (Å²) >= 11 is 0. The highest BCUT2D eigenvalue weighted by molar-refractivity contribution is 5.50. The zero-order valence-electron chi connectivity index (χ0n) is 7.72. The summed E-state index contributed by atoms with van der Waals surface area (Å²) in [6, 6.07) is 0.414. The van der Waals surface area contributed by atoms with E-state index >= 15 is 0 Å². The monoisotopic (exact) mass is 242 g/mol. The van der Waals surface area contributed by atoms with Crippen LogP contribution in [0.4, 0.5) is 27.6 Å². The van der Waals surface area contributed by atoms with Gasteiger partial charge in [0.05, 0.1) is 6.61 Å². The Morgan fingerprint density at radius 1 is 1.38 bits per heavy atom. The van der Waals surface area contributed by atoms with Crippen molar-refractivity contribution < 1.29 is 27.1 Å². The Balaban J connectivity index is 3.40. The first kappa shape index (κ1) is 12.6. The molecule has 0 fully saturated rings. The molecular weight excluding hydrogens is 235 g/mol. The summed E-state index contributed by atoms with van der Waals surface area (Å²) < 4.78 is 61.4. The number of anilines is 1. The molecule has 0 spiro atoms. The molecular formula is C8H7F5N2O. The van der Waals surface area contributed by atoms with Gasteiger partial charge in [-0.1, -0.05) is 0 Å². The highest BCUT2D eigenvalue weighted by Gasteiger charge is 2.35. The number of nitrogen functional groups attached to an aromatic ring is 1. The van der Waals surface area contributed by atoms with Crippen LogP contribution in [-0.2, 0) is 12.8 Å². The number of aliphatic hydroxyl groups is 1. The molecule has 0 saturated carbocycles. The summed E-state index contributed by atoms with van der Waals surface area (Å²) in [4.78, 5) is 2.76. The molecule has 0 aliphatic carbocycles. The molecule has 0 amide bonds. The van der Waals surface area contributed by atoms with Crippen LogP contribution in [-0.4, -0.2) is 10.1 Å². The summed E-state index contributed by atoms with van der Waals surface area (Å²) in [5.74, 6) is 0. The lowest BCUT2D eigenvalue weighted by Crippen LogP contribution is -2.13. The number of aromatic nitrogens is 1. The predicted octanol–water partition coefficient (Wildman–Crippen LogP) is 2.11. The Morgan fingerprint density at radius 3 is 2.31 bits per heavy atom. The maximum absolute atomic E-state index is 12.4. The molecule has 0 bridgehead atoms. The van der Waals surface area contributed by atoms with Crippen molar-refractivity contribution in [2.45, 2.75) is 19.2 Å². The Hall–Kier alpha value is -1.44. The highest BCUT2D eigenvalue weighted by atomic mass is 19.4. The predicted molar refractivity (Wildman–Crippen MR) is 44.5 cm³/mol. The van der Waals surface area contributed by atoms with Crippen LogP contribution in [0.5, 0.6) is 0 Å². The van der Waals surface area contributed by atoms with Gasteiger partial charge >= 0.3 is 6.18 Å². The number of halogens is 5. The molecule has 1 rings (SSSR count). The van der Waals surface area contributed by atoms with Crippen molar-refractivity contribution in [3.05, 3.63) is 23.0 Å². The van der Waals surface area contributed by atoms with Crippen LogP contribution in [0.2, 0.25) is 0 Å². The Morgan fingerprint density at radius 2 is 1.94 bits per heavy atom. The number of alkyl halides is 5. The molecule has 0 aliphatic heterocycles. The van der Waals surface area contributed by atoms with E-state index in [0.717, 1.165) is 0 Å². The molecule has 0 radical (unpaired) electrons. The topological polar surface area (TPSA) is 59.1 Å². The van der Waals surface area contributed by atoms with E-state index in [4.69, 9.17) is 10.8 Å². The fourth-order valence-electron chi connectivity index (χ4n) is 1.11. The van der Waals surface area contributed by atoms with E-state index in [-0.39, 0.29) is 0 Å². The number of rotatable bonds is 2. The number of aliphatic hydroxyl groups excluding tert-OH is 1. The zero-order chi connectivity index (χ0) is 12.5. The molecule has 1 aromatic heterocycles. The first-order chi connectivity index (χ1) is 7.27. The minimum atomic E-state index is -4.86. The van der Waals surface area contributed by atoms with E-state index < -0.39 is 41.8 Å². The Labute approximate surface area is 86.7 Å². The van der Waals surface area contributed by atoms with Crippen molar-refractivity contribution in [3.8, 4) is 0 Å². The molecule has 3 N–H and O–H groups in total. The average Bonchev–Trinajstić information content (AvgIpc) is 2.14. The molecule has 16 heavy (non-hydrogen) atoms. The fourth-order valence-corrected chi connectivity index (χ4v) is 1.11. The third-order valence-electron chi connectivity index (χ3n) is 1.85. The molecule has 1 heterocycles. The number of nitrogens with zero attached hydrogens (tertiary/aromatic N) is 1. The first-order valence-corrected chi connectivity index (χ1v) is 4.03. The molecule has 0 aromatic carbocycles. The van der Waals surface area contributed by atoms with E-state index in [1.807, 2.05) is 0 Å². The largest absolute Gasteiger partial charge is 0.433 e. The van der Waals surface area contributed by atoms with E-state index in [1.54, 1.807) is 0 Å². The molecule has 0 unspecified atom stereocenters. The third kappa shape index (κ3) is 2.38. The molecule has 3 nitrogen and oxygen atoms in total. The Bertz CT molecular complexity index is 391. The van der Waals surface area contributed by atoms with Gasteiger partial charge in [-0.05, 0) is 6.07 Å². The van der Waals surface area contributed by atoms with Gasteiger partial charge in [-0.25, -0.2) is 13.8 Å². The first-order valence-electron chi connectivity index (χ1n) is 4.03. The zero-order valence-corrected chi connectivity index (χ0v) is 7.72. The van der Waals surface area contributed by atoms with E-state index in [9.17, 15) is 22.0 Å². The molecule has 0 aliphatic rings.